The van der Waals surface area contributed by atoms with Crippen molar-refractivity contribution in [1.29, 1.82) is 0 Å². The number of terminal acetylenes is 1. The summed E-state index contributed by atoms with van der Waals surface area (Å²) in [5, 5.41) is 3.43. The maximum atomic E-state index is 12.6. The Morgan fingerprint density at radius 1 is 1.50 bits per heavy atom. The highest BCUT2D eigenvalue weighted by atomic mass is 32.1. The van der Waals surface area contributed by atoms with Gasteiger partial charge in [0.2, 0.25) is 0 Å². The van der Waals surface area contributed by atoms with E-state index >= 15 is 0 Å². The molecule has 2 aromatic heterocycles. The van der Waals surface area contributed by atoms with Gasteiger partial charge in [0, 0.05) is 7.05 Å². The molecule has 116 valence electrons. The maximum absolute atomic E-state index is 12.6. The fraction of sp³-hybridized carbons (Fsp3) is 0.438. The van der Waals surface area contributed by atoms with Crippen molar-refractivity contribution < 1.29 is 4.79 Å². The number of thiophene rings is 1. The molecule has 0 aliphatic heterocycles. The summed E-state index contributed by atoms with van der Waals surface area (Å²) in [7, 11) is 1.64. The van der Waals surface area contributed by atoms with Crippen LogP contribution < -0.4 is 10.9 Å². The van der Waals surface area contributed by atoms with Gasteiger partial charge in [0.25, 0.3) is 11.5 Å². The van der Waals surface area contributed by atoms with Crippen LogP contribution in [0.1, 0.15) is 41.9 Å². The zero-order valence-corrected chi connectivity index (χ0v) is 14.0. The van der Waals surface area contributed by atoms with E-state index in [1.807, 2.05) is 13.8 Å². The largest absolute Gasteiger partial charge is 0.335 e. The van der Waals surface area contributed by atoms with Crippen LogP contribution in [0, 0.1) is 19.3 Å². The summed E-state index contributed by atoms with van der Waals surface area (Å²) in [4.78, 5) is 30.1. The van der Waals surface area contributed by atoms with Gasteiger partial charge in [0.1, 0.15) is 10.4 Å². The van der Waals surface area contributed by atoms with Gasteiger partial charge < -0.3 is 9.88 Å². The summed E-state index contributed by atoms with van der Waals surface area (Å²) in [6.45, 7) is 5.66. The van der Waals surface area contributed by atoms with Crippen molar-refractivity contribution in [2.75, 3.05) is 0 Å². The van der Waals surface area contributed by atoms with Gasteiger partial charge in [-0.3, -0.25) is 9.59 Å². The summed E-state index contributed by atoms with van der Waals surface area (Å²) in [6, 6.07) is 0. The molecule has 0 unspecified atom stereocenters. The van der Waals surface area contributed by atoms with Crippen LogP contribution in [0.4, 0.5) is 0 Å². The minimum absolute atomic E-state index is 0.146. The molecule has 0 aliphatic rings. The Balaban J connectivity index is 2.50. The van der Waals surface area contributed by atoms with E-state index in [2.05, 4.69) is 16.2 Å². The van der Waals surface area contributed by atoms with Crippen molar-refractivity contribution in [1.82, 2.24) is 14.9 Å². The Morgan fingerprint density at radius 2 is 2.14 bits per heavy atom. The van der Waals surface area contributed by atoms with E-state index in [1.165, 1.54) is 22.2 Å². The lowest BCUT2D eigenvalue weighted by molar-refractivity contribution is 0.0920. The number of aryl methyl sites for hydroxylation is 2. The number of nitrogens with zero attached hydrogens (tertiary/aromatic N) is 2. The number of fused-ring (bicyclic) bond motifs is 1. The van der Waals surface area contributed by atoms with Crippen molar-refractivity contribution in [2.24, 2.45) is 7.05 Å². The van der Waals surface area contributed by atoms with E-state index in [0.717, 1.165) is 0 Å². The monoisotopic (exact) mass is 317 g/mol. The van der Waals surface area contributed by atoms with Gasteiger partial charge in [0.05, 0.1) is 16.6 Å². The first-order chi connectivity index (χ1) is 10.4. The fourth-order valence-electron chi connectivity index (χ4n) is 2.37. The Morgan fingerprint density at radius 3 is 2.68 bits per heavy atom. The van der Waals surface area contributed by atoms with E-state index in [0.29, 0.717) is 33.5 Å². The molecule has 2 aromatic rings. The van der Waals surface area contributed by atoms with Crippen molar-refractivity contribution in [2.45, 2.75) is 39.2 Å². The molecule has 0 atom stereocenters. The zero-order valence-electron chi connectivity index (χ0n) is 13.2. The van der Waals surface area contributed by atoms with Crippen molar-refractivity contribution in [3.05, 3.63) is 27.1 Å². The average molecular weight is 317 g/mol. The average Bonchev–Trinajstić information content (AvgIpc) is 2.86. The molecule has 0 radical (unpaired) electrons. The molecule has 0 fully saturated rings. The molecule has 0 aliphatic carbocycles. The number of aromatic nitrogens is 2. The first-order valence-electron chi connectivity index (χ1n) is 7.14. The number of hydrogen-bond acceptors (Lipinski definition) is 4. The molecule has 2 heterocycles. The third-order valence-electron chi connectivity index (χ3n) is 4.05. The van der Waals surface area contributed by atoms with Gasteiger partial charge in [-0.25, -0.2) is 4.98 Å². The van der Waals surface area contributed by atoms with Gasteiger partial charge >= 0.3 is 0 Å². The first kappa shape index (κ1) is 16.2. The molecule has 0 saturated heterocycles. The van der Waals surface area contributed by atoms with Crippen LogP contribution >= 0.6 is 11.3 Å². The third-order valence-corrected chi connectivity index (χ3v) is 5.25. The lowest BCUT2D eigenvalue weighted by Gasteiger charge is -2.26. The lowest BCUT2D eigenvalue weighted by Crippen LogP contribution is -2.46. The Kier molecular flexibility index (Phi) is 4.38. The standard InChI is InChI=1S/C16H19N3O2S/c1-6-16(7-2,8-3)18-13(20)12-10(4)11-14(22-12)17-9-19(5)15(11)21/h1,9H,7-8H2,2-5H3,(H,18,20). The molecule has 6 heteroatoms. The number of nitrogens with one attached hydrogen (secondary N) is 1. The predicted molar refractivity (Wildman–Crippen MR) is 89.2 cm³/mol. The summed E-state index contributed by atoms with van der Waals surface area (Å²) in [5.74, 6) is 2.43. The van der Waals surface area contributed by atoms with E-state index in [-0.39, 0.29) is 11.5 Å². The molecule has 0 spiro atoms. The maximum Gasteiger partial charge on any atom is 0.262 e. The Bertz CT molecular complexity index is 822. The molecule has 2 rings (SSSR count). The number of rotatable bonds is 4. The topological polar surface area (TPSA) is 64.0 Å². The highest BCUT2D eigenvalue weighted by Crippen LogP contribution is 2.27. The van der Waals surface area contributed by atoms with Crippen molar-refractivity contribution in [3.8, 4) is 12.3 Å². The van der Waals surface area contributed by atoms with Gasteiger partial charge in [-0.2, -0.15) is 0 Å². The molecular weight excluding hydrogens is 298 g/mol. The SMILES string of the molecule is C#CC(CC)(CC)NC(=O)c1sc2ncn(C)c(=O)c2c1C. The molecule has 0 saturated carbocycles. The van der Waals surface area contributed by atoms with E-state index in [9.17, 15) is 9.59 Å². The van der Waals surface area contributed by atoms with Crippen LogP contribution in [0.3, 0.4) is 0 Å². The van der Waals surface area contributed by atoms with Crippen LogP contribution in [0.5, 0.6) is 0 Å². The lowest BCUT2D eigenvalue weighted by atomic mass is 9.93. The molecule has 0 aromatic carbocycles. The number of carbonyl (C=O) groups excluding carboxylic acids is 1. The summed E-state index contributed by atoms with van der Waals surface area (Å²) in [6.07, 6.45) is 8.35. The van der Waals surface area contributed by atoms with Crippen LogP contribution in [-0.4, -0.2) is 21.0 Å². The van der Waals surface area contributed by atoms with E-state index in [4.69, 9.17) is 6.42 Å². The smallest absolute Gasteiger partial charge is 0.262 e. The summed E-state index contributed by atoms with van der Waals surface area (Å²) >= 11 is 1.22. The van der Waals surface area contributed by atoms with Crippen LogP contribution in [0.15, 0.2) is 11.1 Å². The third kappa shape index (κ3) is 2.53. The highest BCUT2D eigenvalue weighted by Gasteiger charge is 2.28. The second-order valence-electron chi connectivity index (χ2n) is 5.28. The second-order valence-corrected chi connectivity index (χ2v) is 6.28. The highest BCUT2D eigenvalue weighted by molar-refractivity contribution is 7.20. The molecule has 1 N–H and O–H groups in total. The quantitative estimate of drug-likeness (QED) is 0.880. The summed E-state index contributed by atoms with van der Waals surface area (Å²) in [5.41, 5.74) is -0.144. The molecule has 0 bridgehead atoms. The first-order valence-corrected chi connectivity index (χ1v) is 7.95. The van der Waals surface area contributed by atoms with Gasteiger partial charge in [-0.05, 0) is 25.3 Å². The Hall–Kier alpha value is -2.13. The predicted octanol–water partition coefficient (Wildman–Crippen LogP) is 2.23. The second kappa shape index (κ2) is 5.93. The minimum atomic E-state index is -0.655. The van der Waals surface area contributed by atoms with E-state index < -0.39 is 5.54 Å². The van der Waals surface area contributed by atoms with E-state index in [1.54, 1.807) is 14.0 Å². The minimum Gasteiger partial charge on any atom is -0.335 e. The molecule has 1 amide bonds. The molecule has 5 nitrogen and oxygen atoms in total. The Labute approximate surface area is 133 Å². The molecular formula is C16H19N3O2S. The number of hydrogen-bond donors (Lipinski definition) is 1. The van der Waals surface area contributed by atoms with Crippen molar-refractivity contribution >= 4 is 27.5 Å². The normalized spacial score (nSPS) is 11.4. The molecule has 22 heavy (non-hydrogen) atoms. The van der Waals surface area contributed by atoms with Crippen molar-refractivity contribution in [3.63, 3.8) is 0 Å². The summed E-state index contributed by atoms with van der Waals surface area (Å²) < 4.78 is 1.41. The zero-order chi connectivity index (χ0) is 16.5. The van der Waals surface area contributed by atoms with Crippen LogP contribution in [-0.2, 0) is 7.05 Å². The van der Waals surface area contributed by atoms with Crippen LogP contribution in [0.25, 0.3) is 10.2 Å². The van der Waals surface area contributed by atoms with Gasteiger partial charge in [0.15, 0.2) is 0 Å². The fourth-order valence-corrected chi connectivity index (χ4v) is 3.40. The van der Waals surface area contributed by atoms with Crippen LogP contribution in [0.2, 0.25) is 0 Å². The number of carbonyl (C=O) groups is 1. The van der Waals surface area contributed by atoms with Gasteiger partial charge in [-0.15, -0.1) is 17.8 Å². The van der Waals surface area contributed by atoms with Gasteiger partial charge in [-0.1, -0.05) is 19.8 Å². The number of amides is 1.